The van der Waals surface area contributed by atoms with Crippen LogP contribution in [0.5, 0.6) is 0 Å². The Hall–Kier alpha value is -2.04. The molecule has 1 aromatic rings. The lowest BCUT2D eigenvalue weighted by molar-refractivity contribution is -0.255. The lowest BCUT2D eigenvalue weighted by Crippen LogP contribution is -2.22. The van der Waals surface area contributed by atoms with Gasteiger partial charge in [0.15, 0.2) is 0 Å². The average molecular weight is 208 g/mol. The summed E-state index contributed by atoms with van der Waals surface area (Å²) in [5, 5.41) is 12.8. The van der Waals surface area contributed by atoms with Crippen LogP contribution in [0.2, 0.25) is 0 Å². The molecule has 0 saturated heterocycles. The number of carbonyl (C=O) groups is 2. The maximum atomic E-state index is 11.0. The Morgan fingerprint density at radius 2 is 1.93 bits per heavy atom. The van der Waals surface area contributed by atoms with Gasteiger partial charge in [0, 0.05) is 5.69 Å². The Morgan fingerprint density at radius 1 is 1.33 bits per heavy atom. The molecule has 0 spiro atoms. The zero-order valence-corrected chi connectivity index (χ0v) is 8.15. The summed E-state index contributed by atoms with van der Waals surface area (Å²) in [5.41, 5.74) is 0.530. The first kappa shape index (κ1) is 11.0. The maximum Gasteiger partial charge on any atom is 0.411 e. The van der Waals surface area contributed by atoms with Gasteiger partial charge in [0.25, 0.3) is 0 Å². The van der Waals surface area contributed by atoms with Crippen LogP contribution in [0.3, 0.4) is 0 Å². The molecule has 0 fully saturated rings. The minimum atomic E-state index is -1.25. The molecule has 80 valence electrons. The third-order valence-electron chi connectivity index (χ3n) is 1.64. The van der Waals surface area contributed by atoms with Gasteiger partial charge in [-0.3, -0.25) is 5.32 Å². The van der Waals surface area contributed by atoms with Gasteiger partial charge in [-0.2, -0.15) is 0 Å². The summed E-state index contributed by atoms with van der Waals surface area (Å²) in [6.45, 7) is 1.97. The topological polar surface area (TPSA) is 78.5 Å². The van der Waals surface area contributed by atoms with Crippen molar-refractivity contribution in [3.8, 4) is 0 Å². The summed E-state index contributed by atoms with van der Waals surface area (Å²) in [6, 6.07) is 5.61. The summed E-state index contributed by atoms with van der Waals surface area (Å²) in [7, 11) is 0. The molecule has 0 aliphatic heterocycles. The second-order valence-corrected chi connectivity index (χ2v) is 2.71. The van der Waals surface area contributed by atoms with E-state index in [1.54, 1.807) is 6.92 Å². The molecule has 1 rings (SSSR count). The molecule has 5 nitrogen and oxygen atoms in total. The molecule has 0 bridgehead atoms. The van der Waals surface area contributed by atoms with Gasteiger partial charge in [0.2, 0.25) is 0 Å². The lowest BCUT2D eigenvalue weighted by Gasteiger charge is -2.06. The first-order valence-electron chi connectivity index (χ1n) is 4.38. The van der Waals surface area contributed by atoms with Crippen molar-refractivity contribution in [2.75, 3.05) is 11.9 Å². The molecule has 0 aliphatic carbocycles. The Labute approximate surface area is 86.7 Å². The van der Waals surface area contributed by atoms with Crippen LogP contribution >= 0.6 is 0 Å². The fraction of sp³-hybridized carbons (Fsp3) is 0.200. The number of hydrogen-bond donors (Lipinski definition) is 1. The number of amides is 1. The normalized spacial score (nSPS) is 9.40. The number of nitrogens with one attached hydrogen (secondary N) is 1. The van der Waals surface area contributed by atoms with Crippen molar-refractivity contribution in [1.29, 1.82) is 0 Å². The van der Waals surface area contributed by atoms with E-state index in [0.717, 1.165) is 0 Å². The summed E-state index contributed by atoms with van der Waals surface area (Å²) >= 11 is 0. The van der Waals surface area contributed by atoms with Crippen molar-refractivity contribution < 1.29 is 19.4 Å². The molecule has 0 atom stereocenters. The zero-order chi connectivity index (χ0) is 11.3. The predicted octanol–water partition coefficient (Wildman–Crippen LogP) is 0.618. The highest BCUT2D eigenvalue weighted by atomic mass is 16.5. The number of carboxylic acids is 1. The van der Waals surface area contributed by atoms with Gasteiger partial charge in [0.1, 0.15) is 0 Å². The molecule has 0 radical (unpaired) electrons. The SMILES string of the molecule is CCOC(=O)Nc1ccc(C(=O)[O-])cc1. The van der Waals surface area contributed by atoms with Gasteiger partial charge in [0.05, 0.1) is 12.6 Å². The van der Waals surface area contributed by atoms with Gasteiger partial charge in [-0.25, -0.2) is 4.79 Å². The molecular weight excluding hydrogens is 198 g/mol. The second-order valence-electron chi connectivity index (χ2n) is 2.71. The molecule has 0 saturated carbocycles. The Morgan fingerprint density at radius 3 is 2.40 bits per heavy atom. The van der Waals surface area contributed by atoms with Crippen molar-refractivity contribution in [2.45, 2.75) is 6.92 Å². The van der Waals surface area contributed by atoms with E-state index >= 15 is 0 Å². The molecule has 1 N–H and O–H groups in total. The smallest absolute Gasteiger partial charge is 0.411 e. The maximum absolute atomic E-state index is 11.0. The minimum absolute atomic E-state index is 0.0596. The van der Waals surface area contributed by atoms with E-state index in [9.17, 15) is 14.7 Å². The highest BCUT2D eigenvalue weighted by molar-refractivity contribution is 5.88. The molecule has 1 amide bonds. The highest BCUT2D eigenvalue weighted by Gasteiger charge is 2.01. The molecule has 0 aromatic heterocycles. The van der Waals surface area contributed by atoms with Crippen molar-refractivity contribution in [1.82, 2.24) is 0 Å². The van der Waals surface area contributed by atoms with E-state index < -0.39 is 12.1 Å². The molecule has 15 heavy (non-hydrogen) atoms. The van der Waals surface area contributed by atoms with E-state index in [1.807, 2.05) is 0 Å². The number of benzene rings is 1. The fourth-order valence-corrected chi connectivity index (χ4v) is 0.975. The second kappa shape index (κ2) is 4.99. The standard InChI is InChI=1S/C10H11NO4/c1-2-15-10(14)11-8-5-3-7(4-6-8)9(12)13/h3-6H,2H2,1H3,(H,11,14)(H,12,13)/p-1. The Bertz CT molecular complexity index is 358. The van der Waals surface area contributed by atoms with Crippen LogP contribution in [0.1, 0.15) is 17.3 Å². The van der Waals surface area contributed by atoms with Crippen molar-refractivity contribution in [3.63, 3.8) is 0 Å². The highest BCUT2D eigenvalue weighted by Crippen LogP contribution is 2.09. The van der Waals surface area contributed by atoms with Gasteiger partial charge in [-0.15, -0.1) is 0 Å². The molecule has 0 unspecified atom stereocenters. The summed E-state index contributed by atoms with van der Waals surface area (Å²) in [6.07, 6.45) is -0.571. The van der Waals surface area contributed by atoms with E-state index in [4.69, 9.17) is 0 Å². The van der Waals surface area contributed by atoms with E-state index in [-0.39, 0.29) is 12.2 Å². The first-order valence-corrected chi connectivity index (χ1v) is 4.38. The number of ether oxygens (including phenoxy) is 1. The monoisotopic (exact) mass is 208 g/mol. The molecule has 0 heterocycles. The van der Waals surface area contributed by atoms with Crippen molar-refractivity contribution in [2.24, 2.45) is 0 Å². The van der Waals surface area contributed by atoms with Crippen LogP contribution in [-0.4, -0.2) is 18.7 Å². The van der Waals surface area contributed by atoms with E-state index in [1.165, 1.54) is 24.3 Å². The fourth-order valence-electron chi connectivity index (χ4n) is 0.975. The van der Waals surface area contributed by atoms with E-state index in [2.05, 4.69) is 10.1 Å². The average Bonchev–Trinajstić information content (AvgIpc) is 2.18. The van der Waals surface area contributed by atoms with Gasteiger partial charge >= 0.3 is 6.09 Å². The first-order chi connectivity index (χ1) is 7.13. The predicted molar refractivity (Wildman–Crippen MR) is 51.4 cm³/mol. The van der Waals surface area contributed by atoms with Crippen molar-refractivity contribution >= 4 is 17.7 Å². The van der Waals surface area contributed by atoms with Gasteiger partial charge in [-0.1, -0.05) is 12.1 Å². The molecule has 0 aliphatic rings. The zero-order valence-electron chi connectivity index (χ0n) is 8.15. The Kier molecular flexibility index (Phi) is 3.68. The summed E-state index contributed by atoms with van der Waals surface area (Å²) in [4.78, 5) is 21.4. The van der Waals surface area contributed by atoms with Crippen LogP contribution in [0, 0.1) is 0 Å². The number of hydrogen-bond acceptors (Lipinski definition) is 4. The lowest BCUT2D eigenvalue weighted by atomic mass is 10.2. The van der Waals surface area contributed by atoms with Crippen LogP contribution in [0.15, 0.2) is 24.3 Å². The largest absolute Gasteiger partial charge is 0.545 e. The number of carbonyl (C=O) groups excluding carboxylic acids is 2. The third kappa shape index (κ3) is 3.30. The van der Waals surface area contributed by atoms with E-state index in [0.29, 0.717) is 5.69 Å². The molecule has 5 heteroatoms. The molecular formula is C10H10NO4-. The van der Waals surface area contributed by atoms with Crippen LogP contribution < -0.4 is 10.4 Å². The van der Waals surface area contributed by atoms with Gasteiger partial charge < -0.3 is 14.6 Å². The number of aromatic carboxylic acids is 1. The Balaban J connectivity index is 2.64. The quantitative estimate of drug-likeness (QED) is 0.789. The molecule has 1 aromatic carbocycles. The van der Waals surface area contributed by atoms with Crippen LogP contribution in [0.25, 0.3) is 0 Å². The van der Waals surface area contributed by atoms with Crippen LogP contribution in [-0.2, 0) is 4.74 Å². The number of carboxylic acid groups (broad SMARTS) is 1. The van der Waals surface area contributed by atoms with Crippen molar-refractivity contribution in [3.05, 3.63) is 29.8 Å². The summed E-state index contributed by atoms with van der Waals surface area (Å²) in [5.74, 6) is -1.25. The summed E-state index contributed by atoms with van der Waals surface area (Å²) < 4.78 is 4.64. The van der Waals surface area contributed by atoms with Gasteiger partial charge in [-0.05, 0) is 24.6 Å². The third-order valence-corrected chi connectivity index (χ3v) is 1.64. The number of anilines is 1. The van der Waals surface area contributed by atoms with Crippen LogP contribution in [0.4, 0.5) is 10.5 Å². The number of rotatable bonds is 3. The minimum Gasteiger partial charge on any atom is -0.545 e.